The van der Waals surface area contributed by atoms with Crippen molar-refractivity contribution in [2.24, 2.45) is 5.16 Å². The van der Waals surface area contributed by atoms with E-state index in [9.17, 15) is 9.90 Å². The van der Waals surface area contributed by atoms with Gasteiger partial charge >= 0.3 is 4.87 Å². The van der Waals surface area contributed by atoms with Gasteiger partial charge in [-0.05, 0) is 52.1 Å². The first-order chi connectivity index (χ1) is 22.2. The van der Waals surface area contributed by atoms with Gasteiger partial charge in [-0.15, -0.1) is 0 Å². The molecule has 1 N–H and O–H groups in total. The summed E-state index contributed by atoms with van der Waals surface area (Å²) in [6, 6.07) is 40.9. The normalized spacial score (nSPS) is 11.5. The molecule has 6 rings (SSSR count). The van der Waals surface area contributed by atoms with Gasteiger partial charge in [0.05, 0.1) is 11.1 Å². The van der Waals surface area contributed by atoms with Crippen LogP contribution in [0.2, 0.25) is 0 Å². The Kier molecular flexibility index (Phi) is 9.13. The van der Waals surface area contributed by atoms with Gasteiger partial charge in [0.15, 0.2) is 6.61 Å². The summed E-state index contributed by atoms with van der Waals surface area (Å²) in [5.41, 5.74) is 3.38. The lowest BCUT2D eigenvalue weighted by Crippen LogP contribution is -2.42. The van der Waals surface area contributed by atoms with Crippen LogP contribution in [0.3, 0.4) is 0 Å². The van der Waals surface area contributed by atoms with E-state index in [0.29, 0.717) is 30.3 Å². The molecule has 8 heteroatoms. The SMILES string of the molecule is O=c1sc(Cc2ccc(OCCON=Cc3ccncc3)cc2)c(O)n1C(c1ccccc1)(c1ccccc1)c1ccccc1. The summed E-state index contributed by atoms with van der Waals surface area (Å²) in [6.07, 6.45) is 5.40. The zero-order chi connectivity index (χ0) is 30.9. The third-order valence-corrected chi connectivity index (χ3v) is 8.41. The number of benzene rings is 4. The Labute approximate surface area is 265 Å². The highest BCUT2D eigenvalue weighted by molar-refractivity contribution is 7.09. The first-order valence-corrected chi connectivity index (χ1v) is 15.4. The molecule has 224 valence electrons. The van der Waals surface area contributed by atoms with Crippen LogP contribution in [0, 0.1) is 0 Å². The third-order valence-electron chi connectivity index (χ3n) is 7.48. The van der Waals surface area contributed by atoms with Crippen molar-refractivity contribution >= 4 is 17.6 Å². The van der Waals surface area contributed by atoms with Crippen molar-refractivity contribution in [1.82, 2.24) is 9.55 Å². The number of rotatable bonds is 12. The van der Waals surface area contributed by atoms with Crippen LogP contribution in [0.15, 0.2) is 150 Å². The van der Waals surface area contributed by atoms with Crippen LogP contribution in [-0.2, 0) is 16.8 Å². The van der Waals surface area contributed by atoms with Crippen LogP contribution in [0.5, 0.6) is 11.6 Å². The van der Waals surface area contributed by atoms with Crippen LogP contribution in [-0.4, -0.2) is 34.1 Å². The molecule has 2 heterocycles. The molecule has 0 unspecified atom stereocenters. The minimum atomic E-state index is -1.08. The molecule has 45 heavy (non-hydrogen) atoms. The first kappa shape index (κ1) is 29.6. The van der Waals surface area contributed by atoms with E-state index in [1.54, 1.807) is 23.2 Å². The van der Waals surface area contributed by atoms with E-state index in [2.05, 4.69) is 10.1 Å². The van der Waals surface area contributed by atoms with Crippen molar-refractivity contribution in [1.29, 1.82) is 0 Å². The van der Waals surface area contributed by atoms with Gasteiger partial charge in [-0.1, -0.05) is 120 Å². The smallest absolute Gasteiger partial charge is 0.311 e. The lowest BCUT2D eigenvalue weighted by molar-refractivity contribution is 0.108. The molecule has 0 bridgehead atoms. The molecule has 0 radical (unpaired) electrons. The summed E-state index contributed by atoms with van der Waals surface area (Å²) in [5, 5.41) is 15.8. The molecule has 0 spiro atoms. The van der Waals surface area contributed by atoms with Crippen LogP contribution in [0.1, 0.15) is 32.7 Å². The molecule has 0 atom stereocenters. The van der Waals surface area contributed by atoms with Crippen molar-refractivity contribution in [2.75, 3.05) is 13.2 Å². The zero-order valence-electron chi connectivity index (χ0n) is 24.4. The van der Waals surface area contributed by atoms with E-state index in [0.717, 1.165) is 39.2 Å². The average Bonchev–Trinajstić information content (AvgIpc) is 3.38. The van der Waals surface area contributed by atoms with Crippen LogP contribution < -0.4 is 9.61 Å². The molecule has 7 nitrogen and oxygen atoms in total. The highest BCUT2D eigenvalue weighted by Gasteiger charge is 2.42. The van der Waals surface area contributed by atoms with E-state index in [1.807, 2.05) is 127 Å². The van der Waals surface area contributed by atoms with Gasteiger partial charge in [0.1, 0.15) is 17.9 Å². The van der Waals surface area contributed by atoms with E-state index in [1.165, 1.54) is 0 Å². The number of pyridine rings is 1. The highest BCUT2D eigenvalue weighted by Crippen LogP contribution is 2.43. The van der Waals surface area contributed by atoms with Gasteiger partial charge in [0, 0.05) is 18.8 Å². The predicted molar refractivity (Wildman–Crippen MR) is 177 cm³/mol. The van der Waals surface area contributed by atoms with Crippen molar-refractivity contribution in [3.8, 4) is 11.6 Å². The zero-order valence-corrected chi connectivity index (χ0v) is 25.2. The quantitative estimate of drug-likeness (QED) is 0.0705. The van der Waals surface area contributed by atoms with Crippen molar-refractivity contribution in [3.05, 3.63) is 182 Å². The van der Waals surface area contributed by atoms with Gasteiger partial charge < -0.3 is 14.7 Å². The topological polar surface area (TPSA) is 85.9 Å². The fraction of sp³-hybridized carbons (Fsp3) is 0.108. The monoisotopic (exact) mass is 613 g/mol. The summed E-state index contributed by atoms with van der Waals surface area (Å²) < 4.78 is 7.34. The standard InChI is InChI=1S/C37H31N3O4S/c41-35-34(26-28-16-18-33(19-17-28)43-24-25-44-39-27-29-20-22-38-23-21-29)45-36(42)40(35)37(30-10-4-1-5-11-30,31-12-6-2-7-13-31)32-14-8-3-9-15-32/h1-23,27,41H,24-26H2. The Morgan fingerprint density at radius 3 is 1.87 bits per heavy atom. The second-order valence-corrected chi connectivity index (χ2v) is 11.3. The average molecular weight is 614 g/mol. The van der Waals surface area contributed by atoms with Gasteiger partial charge in [0.25, 0.3) is 0 Å². The van der Waals surface area contributed by atoms with E-state index in [4.69, 9.17) is 9.57 Å². The molecule has 4 aromatic carbocycles. The summed E-state index contributed by atoms with van der Waals surface area (Å²) in [4.78, 5) is 23.5. The Balaban J connectivity index is 1.24. The Bertz CT molecular complexity index is 1790. The lowest BCUT2D eigenvalue weighted by Gasteiger charge is -2.37. The number of hydrogen-bond donors (Lipinski definition) is 1. The molecule has 2 aromatic heterocycles. The summed E-state index contributed by atoms with van der Waals surface area (Å²) in [6.45, 7) is 0.628. The molecular weight excluding hydrogens is 582 g/mol. The van der Waals surface area contributed by atoms with Crippen molar-refractivity contribution in [3.63, 3.8) is 0 Å². The second kappa shape index (κ2) is 13.9. The molecule has 0 aliphatic carbocycles. The molecular formula is C37H31N3O4S. The van der Waals surface area contributed by atoms with Gasteiger partial charge in [-0.3, -0.25) is 14.3 Å². The van der Waals surface area contributed by atoms with E-state index >= 15 is 0 Å². The highest BCUT2D eigenvalue weighted by atomic mass is 32.1. The van der Waals surface area contributed by atoms with Gasteiger partial charge in [-0.2, -0.15) is 0 Å². The number of oxime groups is 1. The van der Waals surface area contributed by atoms with E-state index < -0.39 is 5.54 Å². The Morgan fingerprint density at radius 2 is 1.31 bits per heavy atom. The minimum absolute atomic E-state index is 0.0497. The summed E-state index contributed by atoms with van der Waals surface area (Å²) in [5.74, 6) is 0.637. The fourth-order valence-corrected chi connectivity index (χ4v) is 6.38. The molecule has 0 saturated carbocycles. The summed E-state index contributed by atoms with van der Waals surface area (Å²) in [7, 11) is 0. The lowest BCUT2D eigenvalue weighted by atomic mass is 9.76. The van der Waals surface area contributed by atoms with Gasteiger partial charge in [0.2, 0.25) is 5.88 Å². The molecule has 0 saturated heterocycles. The molecule has 0 amide bonds. The number of thiazole rings is 1. The van der Waals surface area contributed by atoms with Gasteiger partial charge in [-0.25, -0.2) is 0 Å². The van der Waals surface area contributed by atoms with Crippen LogP contribution in [0.4, 0.5) is 0 Å². The maximum atomic E-state index is 13.9. The number of aromatic hydroxyl groups is 1. The fourth-order valence-electron chi connectivity index (χ4n) is 5.43. The number of ether oxygens (including phenoxy) is 1. The predicted octanol–water partition coefficient (Wildman–Crippen LogP) is 6.87. The van der Waals surface area contributed by atoms with Crippen LogP contribution in [0.25, 0.3) is 0 Å². The molecule has 0 aliphatic rings. The van der Waals surface area contributed by atoms with Crippen LogP contribution >= 0.6 is 11.3 Å². The molecule has 0 fully saturated rings. The minimum Gasteiger partial charge on any atom is -0.494 e. The second-order valence-electron chi connectivity index (χ2n) is 10.3. The number of aromatic nitrogens is 2. The third kappa shape index (κ3) is 6.41. The Hall–Kier alpha value is -5.47. The largest absolute Gasteiger partial charge is 0.494 e. The number of nitrogens with zero attached hydrogens (tertiary/aromatic N) is 3. The molecule has 6 aromatic rings. The maximum absolute atomic E-state index is 13.9. The van der Waals surface area contributed by atoms with E-state index in [-0.39, 0.29) is 10.8 Å². The number of hydrogen-bond acceptors (Lipinski definition) is 7. The Morgan fingerprint density at radius 1 is 0.756 bits per heavy atom. The summed E-state index contributed by atoms with van der Waals surface area (Å²) >= 11 is 1.06. The molecule has 0 aliphatic heterocycles. The van der Waals surface area contributed by atoms with Crippen molar-refractivity contribution < 1.29 is 14.7 Å². The van der Waals surface area contributed by atoms with Crippen molar-refractivity contribution in [2.45, 2.75) is 12.0 Å². The first-order valence-electron chi connectivity index (χ1n) is 14.5. The maximum Gasteiger partial charge on any atom is 0.311 e.